The number of amidine groups is 1. The maximum Gasteiger partial charge on any atom is 0.416 e. The highest BCUT2D eigenvalue weighted by molar-refractivity contribution is 8.18. The molecule has 1 aliphatic heterocycles. The average molecular weight is 503 g/mol. The van der Waals surface area contributed by atoms with Gasteiger partial charge in [0.25, 0.3) is 11.1 Å². The van der Waals surface area contributed by atoms with Crippen LogP contribution in [0.2, 0.25) is 0 Å². The number of carbonyl (C=O) groups is 2. The van der Waals surface area contributed by atoms with Crippen molar-refractivity contribution in [1.82, 2.24) is 5.32 Å². The Bertz CT molecular complexity index is 1210. The number of nitrogens with zero attached hydrogens (tertiary/aromatic N) is 1. The van der Waals surface area contributed by atoms with Gasteiger partial charge in [-0.1, -0.05) is 12.1 Å². The zero-order valence-corrected chi connectivity index (χ0v) is 18.0. The van der Waals surface area contributed by atoms with Crippen LogP contribution in [-0.2, 0) is 19.0 Å². The number of carbonyl (C=O) groups excluding carboxylic acids is 2. The third kappa shape index (κ3) is 5.71. The summed E-state index contributed by atoms with van der Waals surface area (Å²) in [5, 5.41) is 2.17. The molecule has 0 spiro atoms. The molecule has 1 saturated heterocycles. The molecule has 13 heteroatoms. The van der Waals surface area contributed by atoms with Crippen molar-refractivity contribution in [3.63, 3.8) is 0 Å². The van der Waals surface area contributed by atoms with Crippen LogP contribution in [0.25, 0.3) is 6.08 Å². The molecule has 3 N–H and O–H groups in total. The van der Waals surface area contributed by atoms with Crippen molar-refractivity contribution in [2.75, 3.05) is 7.05 Å². The summed E-state index contributed by atoms with van der Waals surface area (Å²) in [4.78, 5) is 27.8. The number of rotatable bonds is 5. The molecule has 0 atom stereocenters. The summed E-state index contributed by atoms with van der Waals surface area (Å²) >= 11 is 0.872. The normalized spacial score (nSPS) is 16.7. The Morgan fingerprint density at radius 1 is 1.12 bits per heavy atom. The van der Waals surface area contributed by atoms with E-state index < -0.39 is 41.6 Å². The Morgan fingerprint density at radius 3 is 2.41 bits per heavy atom. The van der Waals surface area contributed by atoms with Gasteiger partial charge in [-0.05, 0) is 47.7 Å². The molecule has 2 aromatic carbocycles. The van der Waals surface area contributed by atoms with Crippen molar-refractivity contribution >= 4 is 34.8 Å². The molecule has 6 nitrogen and oxygen atoms in total. The quantitative estimate of drug-likeness (QED) is 0.547. The minimum Gasteiger partial charge on any atom is -0.488 e. The van der Waals surface area contributed by atoms with Gasteiger partial charge in [-0.2, -0.15) is 26.3 Å². The number of alkyl halides is 6. The van der Waals surface area contributed by atoms with E-state index >= 15 is 0 Å². The molecule has 0 saturated carbocycles. The van der Waals surface area contributed by atoms with Gasteiger partial charge >= 0.3 is 12.4 Å². The number of hydrogen-bond donors (Lipinski definition) is 2. The van der Waals surface area contributed by atoms with E-state index in [1.807, 2.05) is 0 Å². The lowest BCUT2D eigenvalue weighted by Gasteiger charge is -2.17. The summed E-state index contributed by atoms with van der Waals surface area (Å²) in [5.74, 6) is -0.797. The first-order chi connectivity index (χ1) is 15.8. The number of nitrogens with one attached hydrogen (secondary N) is 1. The van der Waals surface area contributed by atoms with Gasteiger partial charge in [0.15, 0.2) is 0 Å². The van der Waals surface area contributed by atoms with Crippen molar-refractivity contribution in [2.24, 2.45) is 10.7 Å². The molecule has 2 amide bonds. The third-order valence-corrected chi connectivity index (χ3v) is 5.39. The highest BCUT2D eigenvalue weighted by Gasteiger charge is 2.38. The number of halogens is 6. The number of benzene rings is 2. The van der Waals surface area contributed by atoms with E-state index in [0.717, 1.165) is 11.8 Å². The van der Waals surface area contributed by atoms with E-state index in [1.54, 1.807) is 6.08 Å². The molecule has 34 heavy (non-hydrogen) atoms. The van der Waals surface area contributed by atoms with Crippen LogP contribution in [0.15, 0.2) is 46.3 Å². The molecule has 1 fully saturated rings. The number of hydrogen-bond acceptors (Lipinski definition) is 5. The second-order valence-electron chi connectivity index (χ2n) is 6.87. The third-order valence-electron chi connectivity index (χ3n) is 4.57. The number of aliphatic imine (C=N–C) groups is 1. The summed E-state index contributed by atoms with van der Waals surface area (Å²) < 4.78 is 83.9. The van der Waals surface area contributed by atoms with Crippen LogP contribution in [0.5, 0.6) is 5.75 Å². The van der Waals surface area contributed by atoms with E-state index in [2.05, 4.69) is 10.3 Å². The maximum atomic E-state index is 13.3. The van der Waals surface area contributed by atoms with Gasteiger partial charge in [-0.25, -0.2) is 0 Å². The Morgan fingerprint density at radius 2 is 1.82 bits per heavy atom. The van der Waals surface area contributed by atoms with E-state index in [0.29, 0.717) is 28.4 Å². The zero-order chi connectivity index (χ0) is 25.3. The molecular weight excluding hydrogens is 488 g/mol. The largest absolute Gasteiger partial charge is 0.488 e. The first kappa shape index (κ1) is 25.1. The molecule has 0 bridgehead atoms. The predicted molar refractivity (Wildman–Crippen MR) is 113 cm³/mol. The second kappa shape index (κ2) is 9.41. The molecular formula is C21H15F6N3O3S. The van der Waals surface area contributed by atoms with Crippen LogP contribution >= 0.6 is 11.8 Å². The second-order valence-corrected chi connectivity index (χ2v) is 7.89. The number of thioether (sulfide) groups is 1. The SMILES string of the molecule is CN=C1NC(=O)S/C1=C\c1ccc(OCc2ccc(C(F)(F)F)cc2C(F)(F)F)c(C(N)=O)c1. The summed E-state index contributed by atoms with van der Waals surface area (Å²) in [6.07, 6.45) is -8.48. The van der Waals surface area contributed by atoms with Crippen molar-refractivity contribution in [1.29, 1.82) is 0 Å². The Labute approximate surface area is 192 Å². The van der Waals surface area contributed by atoms with Crippen molar-refractivity contribution in [3.8, 4) is 5.75 Å². The predicted octanol–water partition coefficient (Wildman–Crippen LogP) is 5.23. The molecule has 0 radical (unpaired) electrons. The summed E-state index contributed by atoms with van der Waals surface area (Å²) in [7, 11) is 1.47. The minimum absolute atomic E-state index is 0.00440. The zero-order valence-electron chi connectivity index (χ0n) is 17.2. The molecule has 3 rings (SSSR count). The molecule has 180 valence electrons. The Kier molecular flexibility index (Phi) is 6.96. The lowest BCUT2D eigenvalue weighted by molar-refractivity contribution is -0.143. The summed E-state index contributed by atoms with van der Waals surface area (Å²) in [6, 6.07) is 5.23. The van der Waals surface area contributed by atoms with Crippen molar-refractivity contribution in [2.45, 2.75) is 19.0 Å². The first-order valence-corrected chi connectivity index (χ1v) is 10.1. The Hall–Kier alpha value is -3.48. The smallest absolute Gasteiger partial charge is 0.416 e. The molecule has 1 aliphatic rings. The molecule has 0 aliphatic carbocycles. The molecule has 1 heterocycles. The highest BCUT2D eigenvalue weighted by atomic mass is 32.2. The number of primary amides is 1. The fraction of sp³-hybridized carbons (Fsp3) is 0.190. The lowest BCUT2D eigenvalue weighted by atomic mass is 10.0. The fourth-order valence-corrected chi connectivity index (χ4v) is 3.78. The lowest BCUT2D eigenvalue weighted by Crippen LogP contribution is -2.18. The average Bonchev–Trinajstić information content (AvgIpc) is 3.10. The van der Waals surface area contributed by atoms with Crippen LogP contribution in [-0.4, -0.2) is 24.0 Å². The van der Waals surface area contributed by atoms with Crippen molar-refractivity contribution < 1.29 is 40.7 Å². The van der Waals surface area contributed by atoms with Gasteiger partial charge in [0.1, 0.15) is 18.2 Å². The molecule has 0 aromatic heterocycles. The molecule has 0 unspecified atom stereocenters. The van der Waals surface area contributed by atoms with Crippen LogP contribution in [0.1, 0.15) is 32.6 Å². The fourth-order valence-electron chi connectivity index (χ4n) is 3.00. The van der Waals surface area contributed by atoms with E-state index in [9.17, 15) is 35.9 Å². The van der Waals surface area contributed by atoms with Crippen LogP contribution in [0, 0.1) is 0 Å². The standard InChI is InChI=1S/C21H15F6N3O3S/c1-29-18-16(34-19(32)30-18)7-10-2-5-15(13(6-10)17(28)31)33-9-11-3-4-12(20(22,23)24)8-14(11)21(25,26)27/h2-8H,9H2,1H3,(H2,28,31)(H,29,30,32)/b16-7-. The van der Waals surface area contributed by atoms with Gasteiger partial charge in [-0.3, -0.25) is 14.6 Å². The highest BCUT2D eigenvalue weighted by Crippen LogP contribution is 2.38. The topological polar surface area (TPSA) is 93.8 Å². The van der Waals surface area contributed by atoms with Gasteiger partial charge in [0.2, 0.25) is 0 Å². The van der Waals surface area contributed by atoms with Gasteiger partial charge in [-0.15, -0.1) is 0 Å². The van der Waals surface area contributed by atoms with Crippen LogP contribution in [0.4, 0.5) is 31.1 Å². The summed E-state index contributed by atoms with van der Waals surface area (Å²) in [6.45, 7) is -0.769. The number of ether oxygens (including phenoxy) is 1. The van der Waals surface area contributed by atoms with Gasteiger partial charge in [0.05, 0.1) is 21.6 Å². The molecule has 2 aromatic rings. The van der Waals surface area contributed by atoms with E-state index in [1.165, 1.54) is 25.2 Å². The summed E-state index contributed by atoms with van der Waals surface area (Å²) in [5.41, 5.74) is 2.09. The minimum atomic E-state index is -5.06. The van der Waals surface area contributed by atoms with E-state index in [4.69, 9.17) is 10.5 Å². The Balaban J connectivity index is 1.91. The van der Waals surface area contributed by atoms with Gasteiger partial charge in [0, 0.05) is 12.6 Å². The monoisotopic (exact) mass is 503 g/mol. The van der Waals surface area contributed by atoms with Crippen LogP contribution in [0.3, 0.4) is 0 Å². The number of nitrogens with two attached hydrogens (primary N) is 1. The van der Waals surface area contributed by atoms with Crippen LogP contribution < -0.4 is 15.8 Å². The first-order valence-electron chi connectivity index (χ1n) is 9.31. The number of amides is 2. The maximum absolute atomic E-state index is 13.3. The van der Waals surface area contributed by atoms with E-state index in [-0.39, 0.29) is 22.6 Å². The van der Waals surface area contributed by atoms with Gasteiger partial charge < -0.3 is 15.8 Å². The van der Waals surface area contributed by atoms with Crippen molar-refractivity contribution in [3.05, 3.63) is 69.1 Å².